The summed E-state index contributed by atoms with van der Waals surface area (Å²) < 4.78 is 123. The number of halogens is 8. The minimum Gasteiger partial charge on any atom is -0.203 e. The summed E-state index contributed by atoms with van der Waals surface area (Å²) in [6.07, 6.45) is 0. The summed E-state index contributed by atoms with van der Waals surface area (Å²) in [5.41, 5.74) is -11.9. The molecule has 0 N–H and O–H groups in total. The van der Waals surface area contributed by atoms with Gasteiger partial charge in [-0.15, -0.1) is 0 Å². The lowest BCUT2D eigenvalue weighted by Crippen LogP contribution is -2.07. The summed E-state index contributed by atoms with van der Waals surface area (Å²) >= 11 is 0. The molecule has 0 atom stereocenters. The minimum atomic E-state index is -2.14. The van der Waals surface area contributed by atoms with E-state index in [1.807, 2.05) is 24.3 Å². The largest absolute Gasteiger partial charge is 0.203 e. The molecule has 0 bridgehead atoms. The molecule has 62 heavy (non-hydrogen) atoms. The van der Waals surface area contributed by atoms with Crippen molar-refractivity contribution in [1.82, 2.24) is 0 Å². The average Bonchev–Trinajstić information content (AvgIpc) is 3.79. The van der Waals surface area contributed by atoms with Crippen molar-refractivity contribution in [3.63, 3.8) is 0 Å². The van der Waals surface area contributed by atoms with Crippen LogP contribution in [0.2, 0.25) is 0 Å². The molecule has 5 aromatic rings. The third-order valence-electron chi connectivity index (χ3n) is 10.0. The van der Waals surface area contributed by atoms with Crippen LogP contribution in [0.3, 0.4) is 0 Å². The van der Waals surface area contributed by atoms with Crippen molar-refractivity contribution in [2.75, 3.05) is 0 Å². The highest BCUT2D eigenvalue weighted by molar-refractivity contribution is 6.32. The van der Waals surface area contributed by atoms with E-state index < -0.39 is 91.1 Å². The molecule has 7 rings (SSSR count). The first-order valence-corrected chi connectivity index (χ1v) is 17.1. The van der Waals surface area contributed by atoms with Crippen molar-refractivity contribution >= 4 is 44.6 Å². The van der Waals surface area contributed by atoms with Crippen LogP contribution < -0.4 is 0 Å². The minimum absolute atomic E-state index is 0.0459. The van der Waals surface area contributed by atoms with E-state index in [0.717, 1.165) is 12.1 Å². The molecular weight excluding hydrogens is 817 g/mol. The lowest BCUT2D eigenvalue weighted by atomic mass is 9.85. The molecule has 0 unspecified atom stereocenters. The van der Waals surface area contributed by atoms with Crippen molar-refractivity contribution in [1.29, 1.82) is 42.1 Å². The third-order valence-corrected chi connectivity index (χ3v) is 10.0. The quantitative estimate of drug-likeness (QED) is 0.0971. The van der Waals surface area contributed by atoms with Crippen molar-refractivity contribution in [2.24, 2.45) is 0 Å². The van der Waals surface area contributed by atoms with Gasteiger partial charge in [-0.25, -0.2) is 35.1 Å². The maximum Gasteiger partial charge on any atom is 0.180 e. The maximum atomic E-state index is 15.7. The molecule has 0 aromatic heterocycles. The fourth-order valence-corrected chi connectivity index (χ4v) is 7.40. The molecule has 2 aliphatic rings. The van der Waals surface area contributed by atoms with Crippen molar-refractivity contribution in [3.05, 3.63) is 174 Å². The molecule has 0 saturated heterocycles. The molecule has 0 saturated carbocycles. The maximum absolute atomic E-state index is 15.7. The monoisotopic (exact) mass is 826 g/mol. The Morgan fingerprint density at radius 2 is 0.726 bits per heavy atom. The van der Waals surface area contributed by atoms with Gasteiger partial charge in [0.05, 0.1) is 56.7 Å². The molecule has 0 radical (unpaired) electrons. The van der Waals surface area contributed by atoms with E-state index in [1.54, 1.807) is 0 Å². The molecule has 0 aliphatic heterocycles. The van der Waals surface area contributed by atoms with Gasteiger partial charge < -0.3 is 0 Å². The Morgan fingerprint density at radius 3 is 1.02 bits per heavy atom. The number of hydrogen-bond donors (Lipinski definition) is 0. The van der Waals surface area contributed by atoms with Gasteiger partial charge in [0.1, 0.15) is 47.5 Å². The highest BCUT2D eigenvalue weighted by Gasteiger charge is 2.38. The molecule has 0 fully saturated rings. The molecular formula is C46H10F8N8. The lowest BCUT2D eigenvalue weighted by molar-refractivity contribution is 0.447. The lowest BCUT2D eigenvalue weighted by Gasteiger charge is -2.16. The summed E-state index contributed by atoms with van der Waals surface area (Å²) in [5, 5.41) is 79.8. The van der Waals surface area contributed by atoms with E-state index in [2.05, 4.69) is 0 Å². The number of allylic oxidation sites excluding steroid dienone is 8. The van der Waals surface area contributed by atoms with Gasteiger partial charge in [-0.2, -0.15) is 42.1 Å². The second-order valence-electron chi connectivity index (χ2n) is 13.0. The number of nitrogens with zero attached hydrogens (tertiary/aromatic N) is 8. The molecule has 0 spiro atoms. The second-order valence-corrected chi connectivity index (χ2v) is 13.0. The number of nitriles is 8. The molecule has 16 heteroatoms. The van der Waals surface area contributed by atoms with Crippen LogP contribution >= 0.6 is 0 Å². The Labute approximate surface area is 343 Å². The van der Waals surface area contributed by atoms with Gasteiger partial charge in [0, 0.05) is 33.4 Å². The first-order chi connectivity index (χ1) is 29.8. The zero-order chi connectivity index (χ0) is 44.9. The van der Waals surface area contributed by atoms with E-state index in [4.69, 9.17) is 0 Å². The van der Waals surface area contributed by atoms with Gasteiger partial charge in [0.25, 0.3) is 0 Å². The zero-order valence-corrected chi connectivity index (χ0v) is 30.4. The Morgan fingerprint density at radius 1 is 0.371 bits per heavy atom. The van der Waals surface area contributed by atoms with Crippen LogP contribution in [-0.2, 0) is 0 Å². The van der Waals surface area contributed by atoms with E-state index in [-0.39, 0.29) is 66.8 Å². The fourth-order valence-electron chi connectivity index (χ4n) is 7.40. The van der Waals surface area contributed by atoms with Crippen LogP contribution in [0.1, 0.15) is 66.8 Å². The topological polar surface area (TPSA) is 190 Å². The molecule has 5 aromatic carbocycles. The SMILES string of the molecule is N#CC1=C(c2cccc(C3=C(C#N)c4cc(C#N)ccc4/C3=C(/C#N)c3c(F)c(F)c(C#N)c(F)c3F)c2)/C(=C(\C#N)c2c(F)c(F)c(C#N)c(F)c2F)c2ccc(C#N)cc21. The van der Waals surface area contributed by atoms with Crippen LogP contribution in [0, 0.1) is 137 Å². The van der Waals surface area contributed by atoms with Crippen molar-refractivity contribution < 1.29 is 35.1 Å². The fraction of sp³-hybridized carbons (Fsp3) is 0. The van der Waals surface area contributed by atoms with Crippen molar-refractivity contribution in [3.8, 4) is 48.6 Å². The van der Waals surface area contributed by atoms with E-state index in [1.165, 1.54) is 72.8 Å². The average molecular weight is 827 g/mol. The normalized spacial score (nSPS) is 13.9. The standard InChI is InChI=1S/C46H10F8N8/c47-39-31(17-61)40(48)44(52)37(43(39)51)29(15-59)35-23-6-4-19(11-55)8-25(23)27(13-57)33(35)21-2-1-3-22(10-21)34-28(14-58)26-9-20(12-56)5-7-24(26)36(34)30(16-60)38-45(53)41(49)32(18-62)42(50)46(38)54/h1-10H/b35-29+,36-30+. The summed E-state index contributed by atoms with van der Waals surface area (Å²) in [7, 11) is 0. The predicted octanol–water partition coefficient (Wildman–Crippen LogP) is 10.1. The zero-order valence-electron chi connectivity index (χ0n) is 30.4. The van der Waals surface area contributed by atoms with Crippen LogP contribution in [-0.4, -0.2) is 0 Å². The van der Waals surface area contributed by atoms with Gasteiger partial charge in [0.2, 0.25) is 0 Å². The highest BCUT2D eigenvalue weighted by atomic mass is 19.2. The van der Waals surface area contributed by atoms with Crippen LogP contribution in [0.5, 0.6) is 0 Å². The predicted molar refractivity (Wildman–Crippen MR) is 200 cm³/mol. The summed E-state index contributed by atoms with van der Waals surface area (Å²) in [5.74, 6) is -17.1. The Kier molecular flexibility index (Phi) is 10.0. The summed E-state index contributed by atoms with van der Waals surface area (Å²) in [6.45, 7) is 0. The Hall–Kier alpha value is -9.58. The number of rotatable bonds is 4. The first kappa shape index (κ1) is 40.6. The van der Waals surface area contributed by atoms with Crippen LogP contribution in [0.4, 0.5) is 35.1 Å². The Balaban J connectivity index is 1.62. The smallest absolute Gasteiger partial charge is 0.180 e. The number of hydrogen-bond acceptors (Lipinski definition) is 8. The molecule has 0 heterocycles. The third kappa shape index (κ3) is 5.74. The molecule has 290 valence electrons. The summed E-state index contributed by atoms with van der Waals surface area (Å²) in [6, 6.07) is 24.7. The van der Waals surface area contributed by atoms with Gasteiger partial charge in [0.15, 0.2) is 46.5 Å². The Bertz CT molecular complexity index is 3200. The molecule has 8 nitrogen and oxygen atoms in total. The van der Waals surface area contributed by atoms with E-state index >= 15 is 35.1 Å². The number of fused-ring (bicyclic) bond motifs is 2. The first-order valence-electron chi connectivity index (χ1n) is 17.1. The van der Waals surface area contributed by atoms with E-state index in [0.29, 0.717) is 0 Å². The molecule has 2 aliphatic carbocycles. The molecule has 0 amide bonds. The second kappa shape index (κ2) is 15.3. The van der Waals surface area contributed by atoms with Gasteiger partial charge in [-0.05, 0) is 52.6 Å². The van der Waals surface area contributed by atoms with Crippen LogP contribution in [0.15, 0.2) is 60.7 Å². The number of benzene rings is 5. The van der Waals surface area contributed by atoms with Gasteiger partial charge in [-0.3, -0.25) is 0 Å². The highest BCUT2D eigenvalue weighted by Crippen LogP contribution is 2.54. The van der Waals surface area contributed by atoms with Gasteiger partial charge in [-0.1, -0.05) is 30.3 Å². The van der Waals surface area contributed by atoms with Gasteiger partial charge >= 0.3 is 0 Å². The van der Waals surface area contributed by atoms with E-state index in [9.17, 15) is 42.1 Å². The van der Waals surface area contributed by atoms with Crippen molar-refractivity contribution in [2.45, 2.75) is 0 Å². The van der Waals surface area contributed by atoms with Crippen LogP contribution in [0.25, 0.3) is 44.6 Å². The summed E-state index contributed by atoms with van der Waals surface area (Å²) in [4.78, 5) is 0.